The van der Waals surface area contributed by atoms with Crippen LogP contribution in [0.4, 0.5) is 0 Å². The Morgan fingerprint density at radius 1 is 1.24 bits per heavy atom. The van der Waals surface area contributed by atoms with Gasteiger partial charge in [-0.3, -0.25) is 9.69 Å². The lowest BCUT2D eigenvalue weighted by molar-refractivity contribution is 0.0341. The fourth-order valence-electron chi connectivity index (χ4n) is 4.53. The van der Waals surface area contributed by atoms with E-state index in [9.17, 15) is 4.79 Å². The Kier molecular flexibility index (Phi) is 5.06. The molecule has 0 saturated carbocycles. The molecule has 0 aromatic heterocycles. The molecule has 5 heteroatoms. The lowest BCUT2D eigenvalue weighted by Crippen LogP contribution is -2.48. The van der Waals surface area contributed by atoms with E-state index in [0.717, 1.165) is 51.3 Å². The summed E-state index contributed by atoms with van der Waals surface area (Å²) in [5.41, 5.74) is 2.03. The van der Waals surface area contributed by atoms with Gasteiger partial charge in [-0.2, -0.15) is 0 Å². The van der Waals surface area contributed by atoms with Gasteiger partial charge in [-0.15, -0.1) is 0 Å². The number of morpholine rings is 1. The van der Waals surface area contributed by atoms with Gasteiger partial charge < -0.3 is 15.0 Å². The van der Waals surface area contributed by atoms with E-state index in [-0.39, 0.29) is 5.91 Å². The molecule has 2 unspecified atom stereocenters. The summed E-state index contributed by atoms with van der Waals surface area (Å²) in [5.74, 6) is 0.162. The minimum absolute atomic E-state index is 0.162. The van der Waals surface area contributed by atoms with Crippen LogP contribution in [0.3, 0.4) is 0 Å². The number of ether oxygens (including phenoxy) is 1. The molecule has 4 rings (SSSR count). The van der Waals surface area contributed by atoms with Gasteiger partial charge in [0, 0.05) is 50.4 Å². The van der Waals surface area contributed by atoms with Crippen molar-refractivity contribution >= 4 is 5.91 Å². The summed E-state index contributed by atoms with van der Waals surface area (Å²) in [6, 6.07) is 9.74. The monoisotopic (exact) mass is 343 g/mol. The molecule has 0 spiro atoms. The molecule has 1 aromatic carbocycles. The Bertz CT molecular complexity index is 603. The summed E-state index contributed by atoms with van der Waals surface area (Å²) in [4.78, 5) is 17.4. The summed E-state index contributed by atoms with van der Waals surface area (Å²) < 4.78 is 5.41. The molecule has 3 fully saturated rings. The maximum Gasteiger partial charge on any atom is 0.253 e. The lowest BCUT2D eigenvalue weighted by Gasteiger charge is -2.35. The molecule has 3 heterocycles. The fraction of sp³-hybridized carbons (Fsp3) is 0.650. The maximum atomic E-state index is 13.0. The van der Waals surface area contributed by atoms with E-state index in [2.05, 4.69) is 22.3 Å². The van der Waals surface area contributed by atoms with E-state index in [0.29, 0.717) is 18.1 Å². The lowest BCUT2D eigenvalue weighted by atomic mass is 9.97. The number of carbonyl (C=O) groups is 1. The van der Waals surface area contributed by atoms with E-state index in [1.54, 1.807) is 0 Å². The van der Waals surface area contributed by atoms with Gasteiger partial charge in [0.05, 0.1) is 13.2 Å². The molecule has 1 N–H and O–H groups in total. The van der Waals surface area contributed by atoms with Gasteiger partial charge in [-0.25, -0.2) is 0 Å². The smallest absolute Gasteiger partial charge is 0.253 e. The van der Waals surface area contributed by atoms with E-state index < -0.39 is 0 Å². The van der Waals surface area contributed by atoms with Crippen LogP contribution in [0.2, 0.25) is 0 Å². The van der Waals surface area contributed by atoms with E-state index in [1.165, 1.54) is 18.4 Å². The van der Waals surface area contributed by atoms with Gasteiger partial charge in [0.1, 0.15) is 0 Å². The predicted octanol–water partition coefficient (Wildman–Crippen LogP) is 1.87. The van der Waals surface area contributed by atoms with Crippen LogP contribution in [0.25, 0.3) is 0 Å². The number of carbonyl (C=O) groups excluding carboxylic acids is 1. The molecule has 2 atom stereocenters. The zero-order valence-electron chi connectivity index (χ0n) is 15.1. The van der Waals surface area contributed by atoms with Crippen LogP contribution in [0.15, 0.2) is 24.3 Å². The topological polar surface area (TPSA) is 44.8 Å². The van der Waals surface area contributed by atoms with Gasteiger partial charge in [-0.05, 0) is 43.4 Å². The number of amides is 1. The largest absolute Gasteiger partial charge is 0.379 e. The van der Waals surface area contributed by atoms with Crippen LogP contribution in [-0.2, 0) is 11.3 Å². The molecule has 3 aliphatic heterocycles. The highest BCUT2D eigenvalue weighted by atomic mass is 16.5. The van der Waals surface area contributed by atoms with Crippen molar-refractivity contribution in [1.82, 2.24) is 15.1 Å². The number of piperidine rings is 1. The van der Waals surface area contributed by atoms with Crippen LogP contribution in [0, 0.1) is 0 Å². The number of nitrogens with one attached hydrogen (secondary N) is 1. The Morgan fingerprint density at radius 2 is 1.96 bits per heavy atom. The van der Waals surface area contributed by atoms with E-state index in [4.69, 9.17) is 4.74 Å². The first-order valence-corrected chi connectivity index (χ1v) is 9.61. The molecule has 25 heavy (non-hydrogen) atoms. The average molecular weight is 343 g/mol. The number of hydrogen-bond acceptors (Lipinski definition) is 4. The van der Waals surface area contributed by atoms with Crippen molar-refractivity contribution in [3.05, 3.63) is 35.4 Å². The minimum atomic E-state index is 0.162. The van der Waals surface area contributed by atoms with Crippen molar-refractivity contribution in [1.29, 1.82) is 0 Å². The highest BCUT2D eigenvalue weighted by Gasteiger charge is 2.36. The molecular weight excluding hydrogens is 314 g/mol. The van der Waals surface area contributed by atoms with Crippen molar-refractivity contribution < 1.29 is 9.53 Å². The Labute approximate surface area is 150 Å². The first-order valence-electron chi connectivity index (χ1n) is 9.61. The molecular formula is C20H29N3O2. The molecule has 1 amide bonds. The predicted molar refractivity (Wildman–Crippen MR) is 97.6 cm³/mol. The maximum absolute atomic E-state index is 13.0. The zero-order chi connectivity index (χ0) is 17.2. The molecule has 3 aliphatic rings. The van der Waals surface area contributed by atoms with Gasteiger partial charge >= 0.3 is 0 Å². The Hall–Kier alpha value is -1.43. The van der Waals surface area contributed by atoms with Crippen molar-refractivity contribution in [2.24, 2.45) is 0 Å². The van der Waals surface area contributed by atoms with Crippen molar-refractivity contribution in [2.75, 3.05) is 33.4 Å². The second-order valence-electron chi connectivity index (χ2n) is 7.77. The fourth-order valence-corrected chi connectivity index (χ4v) is 4.53. The number of fused-ring (bicyclic) bond motifs is 2. The van der Waals surface area contributed by atoms with Gasteiger partial charge in [0.15, 0.2) is 0 Å². The number of rotatable bonds is 4. The standard InChI is InChI=1S/C20H29N3O2/c1-22(19-12-17-5-6-18(13-19)21-17)20(24)16-4-2-3-15(11-16)14-23-7-9-25-10-8-23/h2-4,11,17-19,21H,5-10,12-14H2,1H3. The van der Waals surface area contributed by atoms with Crippen LogP contribution < -0.4 is 5.32 Å². The number of benzene rings is 1. The van der Waals surface area contributed by atoms with Gasteiger partial charge in [0.25, 0.3) is 5.91 Å². The van der Waals surface area contributed by atoms with E-state index in [1.807, 2.05) is 24.1 Å². The molecule has 1 aromatic rings. The summed E-state index contributed by atoms with van der Waals surface area (Å²) in [7, 11) is 1.98. The highest BCUT2D eigenvalue weighted by molar-refractivity contribution is 5.94. The Morgan fingerprint density at radius 3 is 2.68 bits per heavy atom. The summed E-state index contributed by atoms with van der Waals surface area (Å²) in [5, 5.41) is 3.65. The third kappa shape index (κ3) is 3.89. The molecule has 5 nitrogen and oxygen atoms in total. The first-order chi connectivity index (χ1) is 12.2. The van der Waals surface area contributed by atoms with Crippen LogP contribution in [0.5, 0.6) is 0 Å². The van der Waals surface area contributed by atoms with Crippen molar-refractivity contribution in [3.63, 3.8) is 0 Å². The van der Waals surface area contributed by atoms with Gasteiger partial charge in [-0.1, -0.05) is 12.1 Å². The minimum Gasteiger partial charge on any atom is -0.379 e. The molecule has 0 radical (unpaired) electrons. The third-order valence-corrected chi connectivity index (χ3v) is 6.00. The summed E-state index contributed by atoms with van der Waals surface area (Å²) in [6.45, 7) is 4.44. The quantitative estimate of drug-likeness (QED) is 0.907. The summed E-state index contributed by atoms with van der Waals surface area (Å²) in [6.07, 6.45) is 4.70. The van der Waals surface area contributed by atoms with E-state index >= 15 is 0 Å². The van der Waals surface area contributed by atoms with Crippen LogP contribution >= 0.6 is 0 Å². The second kappa shape index (κ2) is 7.44. The van der Waals surface area contributed by atoms with Crippen molar-refractivity contribution in [3.8, 4) is 0 Å². The first kappa shape index (κ1) is 17.0. The second-order valence-corrected chi connectivity index (χ2v) is 7.77. The molecule has 2 bridgehead atoms. The number of hydrogen-bond donors (Lipinski definition) is 1. The van der Waals surface area contributed by atoms with Gasteiger partial charge in [0.2, 0.25) is 0 Å². The van der Waals surface area contributed by atoms with Crippen LogP contribution in [-0.4, -0.2) is 67.2 Å². The SMILES string of the molecule is CN(C(=O)c1cccc(CN2CCOCC2)c1)C1CC2CCC(C1)N2. The molecule has 0 aliphatic carbocycles. The third-order valence-electron chi connectivity index (χ3n) is 6.00. The highest BCUT2D eigenvalue weighted by Crippen LogP contribution is 2.29. The zero-order valence-corrected chi connectivity index (χ0v) is 15.1. The van der Waals surface area contributed by atoms with Crippen molar-refractivity contribution in [2.45, 2.75) is 50.4 Å². The Balaban J connectivity index is 1.41. The summed E-state index contributed by atoms with van der Waals surface area (Å²) >= 11 is 0. The molecule has 3 saturated heterocycles. The molecule has 136 valence electrons. The number of nitrogens with zero attached hydrogens (tertiary/aromatic N) is 2. The average Bonchev–Trinajstić information content (AvgIpc) is 2.99. The van der Waals surface area contributed by atoms with Crippen LogP contribution in [0.1, 0.15) is 41.6 Å². The normalized spacial score (nSPS) is 29.6.